The predicted octanol–water partition coefficient (Wildman–Crippen LogP) is 2.25. The SMILES string of the molecule is CC(C)(C)OC(=O)NCC12CCCC[C-]1CNC2.[Hs]. The van der Waals surface area contributed by atoms with Crippen LogP contribution in [0.15, 0.2) is 0 Å². The first-order chi connectivity index (χ1) is 8.41. The minimum Gasteiger partial charge on any atom is -0.444 e. The predicted molar refractivity (Wildman–Crippen MR) is 71.3 cm³/mol. The summed E-state index contributed by atoms with van der Waals surface area (Å²) in [6.45, 7) is 8.40. The van der Waals surface area contributed by atoms with Crippen molar-refractivity contribution in [1.29, 1.82) is 0 Å². The minimum atomic E-state index is -0.422. The van der Waals surface area contributed by atoms with Crippen molar-refractivity contribution < 1.29 is 9.53 Å². The van der Waals surface area contributed by atoms with Crippen LogP contribution in [-0.4, -0.2) is 31.3 Å². The molecular formula is C14H25HsN2O2-. The van der Waals surface area contributed by atoms with Gasteiger partial charge in [0.1, 0.15) is 5.60 Å². The largest absolute Gasteiger partial charge is 0.444 e. The minimum absolute atomic E-state index is 0. The van der Waals surface area contributed by atoms with Crippen LogP contribution < -0.4 is 10.6 Å². The van der Waals surface area contributed by atoms with Gasteiger partial charge in [0, 0.05) is 6.54 Å². The number of hydrogen-bond acceptors (Lipinski definition) is 3. The zero-order chi connectivity index (χ0) is 13.2. The molecule has 0 aromatic carbocycles. The van der Waals surface area contributed by atoms with E-state index in [0.29, 0.717) is 6.54 Å². The van der Waals surface area contributed by atoms with Crippen LogP contribution in [0.3, 0.4) is 0 Å². The van der Waals surface area contributed by atoms with Gasteiger partial charge in [0.25, 0.3) is 0 Å². The van der Waals surface area contributed by atoms with Crippen LogP contribution in [-0.2, 0) is 4.74 Å². The summed E-state index contributed by atoms with van der Waals surface area (Å²) in [4.78, 5) is 11.7. The van der Waals surface area contributed by atoms with Gasteiger partial charge in [-0.15, -0.1) is 12.0 Å². The van der Waals surface area contributed by atoms with E-state index in [9.17, 15) is 4.79 Å². The zero-order valence-corrected chi connectivity index (χ0v) is 19.0. The standard InChI is InChI=1S/C14H25N2O2.Hs/c1-13(2,3)18-12(17)16-10-14-7-5-4-6-11(14)8-15-9-14;/h15H,4-10H2,1-3H3,(H,16,17);/q-1;. The van der Waals surface area contributed by atoms with Crippen molar-refractivity contribution in [3.8, 4) is 0 Å². The average molecular weight is 522 g/mol. The van der Waals surface area contributed by atoms with E-state index < -0.39 is 5.60 Å². The van der Waals surface area contributed by atoms with Crippen LogP contribution in [0.5, 0.6) is 0 Å². The molecule has 0 bridgehead atoms. The van der Waals surface area contributed by atoms with Crippen molar-refractivity contribution in [2.75, 3.05) is 19.6 Å². The number of carbonyl (C=O) groups excluding carboxylic acids is 1. The monoisotopic (exact) mass is 522 g/mol. The maximum Gasteiger partial charge on any atom is 0.407 e. The molecule has 1 aliphatic heterocycles. The molecule has 1 heterocycles. The van der Waals surface area contributed by atoms with E-state index in [1.54, 1.807) is 5.92 Å². The van der Waals surface area contributed by atoms with E-state index in [0.717, 1.165) is 13.1 Å². The Labute approximate surface area is 110 Å². The second-order valence-corrected chi connectivity index (χ2v) is 6.55. The molecule has 5 heteroatoms. The summed E-state index contributed by atoms with van der Waals surface area (Å²) in [7, 11) is 0. The summed E-state index contributed by atoms with van der Waals surface area (Å²) in [5, 5.41) is 6.40. The molecule has 2 aliphatic rings. The second-order valence-electron chi connectivity index (χ2n) is 6.55. The third-order valence-electron chi connectivity index (χ3n) is 3.91. The molecule has 2 fully saturated rings. The van der Waals surface area contributed by atoms with Crippen LogP contribution >= 0.6 is 0 Å². The van der Waals surface area contributed by atoms with Gasteiger partial charge in [0.05, 0.1) is 0 Å². The van der Waals surface area contributed by atoms with E-state index in [2.05, 4.69) is 10.6 Å². The van der Waals surface area contributed by atoms with E-state index in [4.69, 9.17) is 4.74 Å². The fraction of sp³-hybridized carbons (Fsp3) is 0.857. The summed E-state index contributed by atoms with van der Waals surface area (Å²) >= 11 is 0. The van der Waals surface area contributed by atoms with Crippen LogP contribution in [0, 0.1) is 11.3 Å². The molecule has 19 heavy (non-hydrogen) atoms. The van der Waals surface area contributed by atoms with Gasteiger partial charge in [-0.3, -0.25) is 5.92 Å². The van der Waals surface area contributed by atoms with E-state index in [1.165, 1.54) is 25.7 Å². The Morgan fingerprint density at radius 3 is 2.84 bits per heavy atom. The van der Waals surface area contributed by atoms with Crippen molar-refractivity contribution in [3.63, 3.8) is 0 Å². The van der Waals surface area contributed by atoms with Gasteiger partial charge in [-0.25, -0.2) is 4.79 Å². The molecule has 1 amide bonds. The van der Waals surface area contributed by atoms with Crippen molar-refractivity contribution in [2.45, 2.75) is 52.1 Å². The number of fused-ring (bicyclic) bond motifs is 1. The smallest absolute Gasteiger partial charge is 0.407 e. The summed E-state index contributed by atoms with van der Waals surface area (Å²) in [6, 6.07) is 0. The van der Waals surface area contributed by atoms with Crippen molar-refractivity contribution >= 4 is 6.09 Å². The molecule has 0 radical (unpaired) electrons. The van der Waals surface area contributed by atoms with Gasteiger partial charge in [0.2, 0.25) is 0 Å². The van der Waals surface area contributed by atoms with E-state index >= 15 is 0 Å². The van der Waals surface area contributed by atoms with Crippen LogP contribution in [0.1, 0.15) is 46.5 Å². The number of ether oxygens (including phenoxy) is 1. The Morgan fingerprint density at radius 1 is 1.42 bits per heavy atom. The Morgan fingerprint density at radius 2 is 2.16 bits per heavy atom. The number of nitrogens with one attached hydrogen (secondary N) is 2. The molecule has 1 atom stereocenters. The van der Waals surface area contributed by atoms with Crippen LogP contribution in [0.25, 0.3) is 0 Å². The first kappa shape index (κ1) is 15.3. The summed E-state index contributed by atoms with van der Waals surface area (Å²) in [5.41, 5.74) is -0.232. The Bertz CT molecular complexity index is 317. The fourth-order valence-corrected chi connectivity index (χ4v) is 3.02. The first-order valence-corrected chi connectivity index (χ1v) is 6.94. The Balaban J connectivity index is 0.00000180. The third-order valence-corrected chi connectivity index (χ3v) is 3.91. The Kier molecular flexibility index (Phi) is 4.40. The molecule has 0 aromatic heterocycles. The summed E-state index contributed by atoms with van der Waals surface area (Å²) in [6.07, 6.45) is 4.66. The van der Waals surface area contributed by atoms with Gasteiger partial charge in [-0.2, -0.15) is 6.42 Å². The molecule has 0 spiro atoms. The van der Waals surface area contributed by atoms with Crippen LogP contribution in [0.4, 0.5) is 4.79 Å². The van der Waals surface area contributed by atoms with E-state index in [1.807, 2.05) is 20.8 Å². The number of alkyl carbamates (subject to hydrolysis) is 1. The topological polar surface area (TPSA) is 50.4 Å². The number of amides is 1. The average Bonchev–Trinajstić information content (AvgIpc) is 2.68. The first-order valence-electron chi connectivity index (χ1n) is 6.94. The fourth-order valence-electron chi connectivity index (χ4n) is 3.02. The number of hydrogen-bond donors (Lipinski definition) is 2. The molecule has 2 rings (SSSR count). The molecule has 0 aromatic rings. The molecule has 2 N–H and O–H groups in total. The summed E-state index contributed by atoms with van der Waals surface area (Å²) in [5.74, 6) is 1.59. The van der Waals surface area contributed by atoms with Gasteiger partial charge in [-0.05, 0) is 27.3 Å². The van der Waals surface area contributed by atoms with Gasteiger partial charge < -0.3 is 15.4 Å². The Hall–Kier alpha value is -1.77. The maximum atomic E-state index is 11.7. The molecule has 1 saturated heterocycles. The van der Waals surface area contributed by atoms with E-state index in [-0.39, 0.29) is 11.5 Å². The molecule has 4 nitrogen and oxygen atoms in total. The number of carbonyl (C=O) groups is 1. The third kappa shape index (κ3) is 3.60. The van der Waals surface area contributed by atoms with Gasteiger partial charge >= 0.3 is 6.09 Å². The molecule has 1 aliphatic carbocycles. The quantitative estimate of drug-likeness (QED) is 0.548. The molecule has 1 unspecified atom stereocenters. The normalized spacial score (nSPS) is 27.3. The van der Waals surface area contributed by atoms with Gasteiger partial charge in [-0.1, -0.05) is 19.3 Å². The summed E-state index contributed by atoms with van der Waals surface area (Å²) < 4.78 is 5.29. The van der Waals surface area contributed by atoms with Crippen LogP contribution in [0.2, 0.25) is 0 Å². The zero-order valence-electron chi connectivity index (χ0n) is 12.5. The number of rotatable bonds is 2. The maximum absolute atomic E-state index is 11.7. The molecular weight excluding hydrogens is 497 g/mol. The van der Waals surface area contributed by atoms with Gasteiger partial charge in [0.15, 0.2) is 0 Å². The van der Waals surface area contributed by atoms with Crippen molar-refractivity contribution in [2.24, 2.45) is 5.41 Å². The molecule has 106 valence electrons. The second kappa shape index (κ2) is 5.47. The molecule has 1 saturated carbocycles. The van der Waals surface area contributed by atoms with Crippen molar-refractivity contribution in [1.82, 2.24) is 10.6 Å². The van der Waals surface area contributed by atoms with Crippen molar-refractivity contribution in [3.05, 3.63) is 5.92 Å².